The van der Waals surface area contributed by atoms with Gasteiger partial charge in [-0.2, -0.15) is 0 Å². The molecular formula is C22H28N4O4. The van der Waals surface area contributed by atoms with Crippen LogP contribution in [0.2, 0.25) is 0 Å². The monoisotopic (exact) mass is 412 g/mol. The standard InChI is InChI=1S/C22H28N4O4/c1-14(2)20-25-18(21(28)26(20)13-16-10-6-7-11-23-16)19(27)17(24-22(29)30)12-15-8-4-3-5-9-15/h3-11,14,17-20,24-25,27H,12-13H2,1-2H3,(H,29,30)/t17-,18-,19+,20?/m0/s1. The van der Waals surface area contributed by atoms with Crippen LogP contribution in [0.3, 0.4) is 0 Å². The fraction of sp³-hybridized carbons (Fsp3) is 0.409. The summed E-state index contributed by atoms with van der Waals surface area (Å²) in [7, 11) is 0. The Kier molecular flexibility index (Phi) is 7.02. The third kappa shape index (κ3) is 5.14. The Hall–Kier alpha value is -2.97. The molecule has 0 saturated carbocycles. The van der Waals surface area contributed by atoms with E-state index in [4.69, 9.17) is 0 Å². The van der Waals surface area contributed by atoms with Gasteiger partial charge in [-0.05, 0) is 30.0 Å². The summed E-state index contributed by atoms with van der Waals surface area (Å²) < 4.78 is 0. The van der Waals surface area contributed by atoms with Crippen molar-refractivity contribution in [3.8, 4) is 0 Å². The number of pyridine rings is 1. The fourth-order valence-corrected chi connectivity index (χ4v) is 3.82. The Bertz CT molecular complexity index is 847. The number of carboxylic acid groups (broad SMARTS) is 1. The van der Waals surface area contributed by atoms with E-state index in [9.17, 15) is 19.8 Å². The predicted octanol–water partition coefficient (Wildman–Crippen LogP) is 1.60. The normalized spacial score (nSPS) is 20.9. The first-order chi connectivity index (χ1) is 14.4. The van der Waals surface area contributed by atoms with E-state index < -0.39 is 24.3 Å². The quantitative estimate of drug-likeness (QED) is 0.524. The summed E-state index contributed by atoms with van der Waals surface area (Å²) in [6.45, 7) is 4.29. The largest absolute Gasteiger partial charge is 0.465 e. The molecule has 1 fully saturated rings. The van der Waals surface area contributed by atoms with Crippen molar-refractivity contribution >= 4 is 12.0 Å². The maximum Gasteiger partial charge on any atom is 0.404 e. The fourth-order valence-electron chi connectivity index (χ4n) is 3.82. The first-order valence-corrected chi connectivity index (χ1v) is 10.0. The number of carbonyl (C=O) groups excluding carboxylic acids is 1. The molecule has 4 atom stereocenters. The van der Waals surface area contributed by atoms with Crippen LogP contribution in [0.5, 0.6) is 0 Å². The molecular weight excluding hydrogens is 384 g/mol. The Balaban J connectivity index is 1.80. The number of hydrogen-bond acceptors (Lipinski definition) is 5. The molecule has 4 N–H and O–H groups in total. The van der Waals surface area contributed by atoms with Crippen LogP contribution in [0.15, 0.2) is 54.7 Å². The Labute approximate surface area is 175 Å². The molecule has 2 aromatic rings. The second-order valence-corrected chi connectivity index (χ2v) is 7.86. The molecule has 0 spiro atoms. The van der Waals surface area contributed by atoms with E-state index in [-0.39, 0.29) is 24.4 Å². The third-order valence-electron chi connectivity index (χ3n) is 5.29. The molecule has 1 aliphatic rings. The second-order valence-electron chi connectivity index (χ2n) is 7.86. The molecule has 8 nitrogen and oxygen atoms in total. The highest BCUT2D eigenvalue weighted by molar-refractivity contribution is 5.85. The van der Waals surface area contributed by atoms with E-state index in [1.807, 2.05) is 62.4 Å². The lowest BCUT2D eigenvalue weighted by Gasteiger charge is -2.27. The molecule has 1 aliphatic heterocycles. The molecule has 1 saturated heterocycles. The van der Waals surface area contributed by atoms with Crippen LogP contribution in [0.25, 0.3) is 0 Å². The van der Waals surface area contributed by atoms with Gasteiger partial charge < -0.3 is 20.4 Å². The molecule has 30 heavy (non-hydrogen) atoms. The molecule has 8 heteroatoms. The minimum atomic E-state index is -1.24. The van der Waals surface area contributed by atoms with Gasteiger partial charge in [0, 0.05) is 6.20 Å². The van der Waals surface area contributed by atoms with Crippen molar-refractivity contribution < 1.29 is 19.8 Å². The maximum absolute atomic E-state index is 13.2. The number of amides is 2. The van der Waals surface area contributed by atoms with E-state index in [0.29, 0.717) is 6.54 Å². The molecule has 0 aliphatic carbocycles. The number of nitrogens with zero attached hydrogens (tertiary/aromatic N) is 2. The molecule has 0 radical (unpaired) electrons. The van der Waals surface area contributed by atoms with Crippen LogP contribution in [-0.4, -0.2) is 56.5 Å². The minimum Gasteiger partial charge on any atom is -0.465 e. The summed E-state index contributed by atoms with van der Waals surface area (Å²) in [5, 5.41) is 25.9. The summed E-state index contributed by atoms with van der Waals surface area (Å²) in [6.07, 6.45) is -0.824. The lowest BCUT2D eigenvalue weighted by Crippen LogP contribution is -2.55. The van der Waals surface area contributed by atoms with Crippen molar-refractivity contribution in [2.24, 2.45) is 5.92 Å². The molecule has 2 amide bonds. The zero-order chi connectivity index (χ0) is 21.7. The number of carbonyl (C=O) groups is 2. The summed E-state index contributed by atoms with van der Waals surface area (Å²) >= 11 is 0. The van der Waals surface area contributed by atoms with E-state index in [2.05, 4.69) is 15.6 Å². The topological polar surface area (TPSA) is 115 Å². The van der Waals surface area contributed by atoms with Gasteiger partial charge in [0.15, 0.2) is 0 Å². The number of hydrogen-bond donors (Lipinski definition) is 4. The molecule has 1 aromatic heterocycles. The first-order valence-electron chi connectivity index (χ1n) is 10.0. The third-order valence-corrected chi connectivity index (χ3v) is 5.29. The van der Waals surface area contributed by atoms with Crippen molar-refractivity contribution in [3.63, 3.8) is 0 Å². The summed E-state index contributed by atoms with van der Waals surface area (Å²) in [5.41, 5.74) is 1.62. The molecule has 160 valence electrons. The lowest BCUT2D eigenvalue weighted by atomic mass is 9.96. The van der Waals surface area contributed by atoms with E-state index in [1.54, 1.807) is 11.1 Å². The predicted molar refractivity (Wildman–Crippen MR) is 111 cm³/mol. The van der Waals surface area contributed by atoms with E-state index in [1.165, 1.54) is 0 Å². The van der Waals surface area contributed by atoms with Gasteiger partial charge in [-0.1, -0.05) is 50.2 Å². The number of aliphatic hydroxyl groups excluding tert-OH is 1. The van der Waals surface area contributed by atoms with Crippen molar-refractivity contribution in [3.05, 3.63) is 66.0 Å². The Morgan fingerprint density at radius 2 is 1.90 bits per heavy atom. The van der Waals surface area contributed by atoms with Gasteiger partial charge in [-0.3, -0.25) is 15.1 Å². The number of aliphatic hydroxyl groups is 1. The smallest absolute Gasteiger partial charge is 0.404 e. The van der Waals surface area contributed by atoms with Crippen molar-refractivity contribution in [1.82, 2.24) is 20.5 Å². The number of benzene rings is 1. The van der Waals surface area contributed by atoms with Crippen molar-refractivity contribution in [1.29, 1.82) is 0 Å². The SMILES string of the molecule is CC(C)C1N[C@@H]([C@H](O)[C@H](Cc2ccccc2)NC(=O)O)C(=O)N1Cc1ccccn1. The number of rotatable bonds is 8. The Morgan fingerprint density at radius 1 is 1.20 bits per heavy atom. The zero-order valence-corrected chi connectivity index (χ0v) is 17.1. The molecule has 0 bridgehead atoms. The van der Waals surface area contributed by atoms with Crippen LogP contribution in [-0.2, 0) is 17.8 Å². The Morgan fingerprint density at radius 3 is 2.50 bits per heavy atom. The van der Waals surface area contributed by atoms with E-state index in [0.717, 1.165) is 11.3 Å². The van der Waals surface area contributed by atoms with Crippen molar-refractivity contribution in [2.45, 2.75) is 51.2 Å². The van der Waals surface area contributed by atoms with Gasteiger partial charge in [-0.25, -0.2) is 4.79 Å². The van der Waals surface area contributed by atoms with Crippen LogP contribution in [0.4, 0.5) is 4.79 Å². The highest BCUT2D eigenvalue weighted by Gasteiger charge is 2.46. The summed E-state index contributed by atoms with van der Waals surface area (Å²) in [6, 6.07) is 13.0. The minimum absolute atomic E-state index is 0.0925. The highest BCUT2D eigenvalue weighted by atomic mass is 16.4. The molecule has 2 heterocycles. The van der Waals surface area contributed by atoms with Gasteiger partial charge in [0.1, 0.15) is 6.04 Å². The first kappa shape index (κ1) is 21.7. The van der Waals surface area contributed by atoms with Crippen molar-refractivity contribution in [2.75, 3.05) is 0 Å². The molecule has 1 aromatic carbocycles. The number of aromatic nitrogens is 1. The van der Waals surface area contributed by atoms with Gasteiger partial charge >= 0.3 is 6.09 Å². The second kappa shape index (κ2) is 9.69. The van der Waals surface area contributed by atoms with Crippen LogP contribution in [0.1, 0.15) is 25.1 Å². The molecule has 3 rings (SSSR count). The summed E-state index contributed by atoms with van der Waals surface area (Å²) in [5.74, 6) is -0.174. The van der Waals surface area contributed by atoms with Crippen LogP contribution in [0, 0.1) is 5.92 Å². The zero-order valence-electron chi connectivity index (χ0n) is 17.1. The number of nitrogens with one attached hydrogen (secondary N) is 2. The highest BCUT2D eigenvalue weighted by Crippen LogP contribution is 2.23. The van der Waals surface area contributed by atoms with E-state index >= 15 is 0 Å². The van der Waals surface area contributed by atoms with Gasteiger partial charge in [0.2, 0.25) is 5.91 Å². The van der Waals surface area contributed by atoms with Crippen LogP contribution < -0.4 is 10.6 Å². The molecule has 1 unspecified atom stereocenters. The average molecular weight is 412 g/mol. The van der Waals surface area contributed by atoms with Crippen LogP contribution >= 0.6 is 0 Å². The summed E-state index contributed by atoms with van der Waals surface area (Å²) in [4.78, 5) is 30.5. The van der Waals surface area contributed by atoms with Gasteiger partial charge in [0.05, 0.1) is 30.6 Å². The van der Waals surface area contributed by atoms with Gasteiger partial charge in [-0.15, -0.1) is 0 Å². The lowest BCUT2D eigenvalue weighted by molar-refractivity contribution is -0.133. The van der Waals surface area contributed by atoms with Gasteiger partial charge in [0.25, 0.3) is 0 Å². The average Bonchev–Trinajstić information content (AvgIpc) is 3.05. The maximum atomic E-state index is 13.2.